The van der Waals surface area contributed by atoms with E-state index in [1.54, 1.807) is 18.2 Å². The number of halogens is 2. The first-order valence-corrected chi connectivity index (χ1v) is 7.32. The molecular weight excluding hydrogens is 356 g/mol. The van der Waals surface area contributed by atoms with Crippen molar-refractivity contribution in [1.29, 1.82) is 0 Å². The summed E-state index contributed by atoms with van der Waals surface area (Å²) in [5.74, 6) is -0.193. The zero-order valence-corrected chi connectivity index (χ0v) is 13.3. The summed E-state index contributed by atoms with van der Waals surface area (Å²) in [7, 11) is 0. The van der Waals surface area contributed by atoms with Gasteiger partial charge in [-0.05, 0) is 59.3 Å². The number of aryl methyl sites for hydroxylation is 1. The molecule has 106 valence electrons. The number of carboxylic acid groups (broad SMARTS) is 1. The van der Waals surface area contributed by atoms with Crippen molar-refractivity contribution in [2.45, 2.75) is 6.92 Å². The smallest absolute Gasteiger partial charge is 0.335 e. The fraction of sp³-hybridized carbons (Fsp3) is 0.0667. The highest BCUT2D eigenvalue weighted by Gasteiger charge is 2.13. The third-order valence-electron chi connectivity index (χ3n) is 3.23. The number of nitrogens with zero attached hydrogens (tertiary/aromatic N) is 2. The highest BCUT2D eigenvalue weighted by Crippen LogP contribution is 2.28. The van der Waals surface area contributed by atoms with E-state index in [4.69, 9.17) is 16.7 Å². The van der Waals surface area contributed by atoms with Gasteiger partial charge >= 0.3 is 5.97 Å². The molecule has 4 nitrogen and oxygen atoms in total. The van der Waals surface area contributed by atoms with Crippen LogP contribution in [-0.4, -0.2) is 20.6 Å². The zero-order valence-electron chi connectivity index (χ0n) is 11.0. The summed E-state index contributed by atoms with van der Waals surface area (Å²) in [5, 5.41) is 9.72. The average Bonchev–Trinajstić information content (AvgIpc) is 2.77. The first kappa shape index (κ1) is 14.1. The fourth-order valence-corrected chi connectivity index (χ4v) is 2.70. The lowest BCUT2D eigenvalue weighted by molar-refractivity contribution is 0.0697. The molecule has 0 aliphatic carbocycles. The molecule has 0 radical (unpaired) electrons. The number of imidazole rings is 1. The maximum absolute atomic E-state index is 11.1. The fourth-order valence-electron chi connectivity index (χ4n) is 2.28. The van der Waals surface area contributed by atoms with Crippen LogP contribution in [0.5, 0.6) is 0 Å². The maximum Gasteiger partial charge on any atom is 0.335 e. The number of fused-ring (bicyclic) bond motifs is 1. The lowest BCUT2D eigenvalue weighted by Gasteiger charge is -2.08. The van der Waals surface area contributed by atoms with Crippen LogP contribution in [0.1, 0.15) is 16.2 Å². The minimum atomic E-state index is -0.962. The Morgan fingerprint density at radius 1 is 1.29 bits per heavy atom. The summed E-state index contributed by atoms with van der Waals surface area (Å²) >= 11 is 9.50. The second-order valence-corrected chi connectivity index (χ2v) is 5.86. The van der Waals surface area contributed by atoms with Gasteiger partial charge in [0, 0.05) is 10.2 Å². The van der Waals surface area contributed by atoms with Crippen molar-refractivity contribution < 1.29 is 9.90 Å². The van der Waals surface area contributed by atoms with Gasteiger partial charge in [-0.15, -0.1) is 0 Å². The van der Waals surface area contributed by atoms with E-state index >= 15 is 0 Å². The second kappa shape index (κ2) is 5.16. The predicted molar refractivity (Wildman–Crippen MR) is 85.5 cm³/mol. The monoisotopic (exact) mass is 364 g/mol. The van der Waals surface area contributed by atoms with Gasteiger partial charge in [0.2, 0.25) is 0 Å². The van der Waals surface area contributed by atoms with Crippen molar-refractivity contribution >= 4 is 44.5 Å². The molecule has 3 aromatic rings. The van der Waals surface area contributed by atoms with Gasteiger partial charge in [-0.3, -0.25) is 4.57 Å². The SMILES string of the molecule is Cc1nc2ccc(C(=O)O)cc2n1-c1ccc(Br)c(Cl)c1. The molecule has 0 fully saturated rings. The molecule has 0 spiro atoms. The normalized spacial score (nSPS) is 11.0. The number of rotatable bonds is 2. The molecule has 0 saturated heterocycles. The van der Waals surface area contributed by atoms with Gasteiger partial charge < -0.3 is 5.11 Å². The van der Waals surface area contributed by atoms with Crippen molar-refractivity contribution in [3.8, 4) is 5.69 Å². The van der Waals surface area contributed by atoms with Gasteiger partial charge in [-0.2, -0.15) is 0 Å². The summed E-state index contributed by atoms with van der Waals surface area (Å²) in [6, 6.07) is 10.4. The molecule has 3 rings (SSSR count). The molecular formula is C15H10BrClN2O2. The van der Waals surface area contributed by atoms with E-state index < -0.39 is 5.97 Å². The number of carbonyl (C=O) groups is 1. The van der Waals surface area contributed by atoms with E-state index in [1.165, 1.54) is 0 Å². The molecule has 0 aliphatic heterocycles. The van der Waals surface area contributed by atoms with Gasteiger partial charge in [0.25, 0.3) is 0 Å². The number of hydrogen-bond acceptors (Lipinski definition) is 2. The maximum atomic E-state index is 11.1. The third-order valence-corrected chi connectivity index (χ3v) is 4.46. The lowest BCUT2D eigenvalue weighted by atomic mass is 10.2. The van der Waals surface area contributed by atoms with Crippen LogP contribution in [0.4, 0.5) is 0 Å². The Hall–Kier alpha value is -1.85. The van der Waals surface area contributed by atoms with E-state index in [0.29, 0.717) is 5.02 Å². The Kier molecular flexibility index (Phi) is 3.47. The second-order valence-electron chi connectivity index (χ2n) is 4.60. The minimum absolute atomic E-state index is 0.229. The molecule has 1 heterocycles. The van der Waals surface area contributed by atoms with Gasteiger partial charge in [-0.1, -0.05) is 11.6 Å². The molecule has 2 aromatic carbocycles. The molecule has 0 unspecified atom stereocenters. The first-order chi connectivity index (χ1) is 9.97. The number of aromatic nitrogens is 2. The number of hydrogen-bond donors (Lipinski definition) is 1. The van der Waals surface area contributed by atoms with Crippen LogP contribution < -0.4 is 0 Å². The Morgan fingerprint density at radius 2 is 2.05 bits per heavy atom. The highest BCUT2D eigenvalue weighted by atomic mass is 79.9. The largest absolute Gasteiger partial charge is 0.478 e. The summed E-state index contributed by atoms with van der Waals surface area (Å²) < 4.78 is 2.70. The lowest BCUT2D eigenvalue weighted by Crippen LogP contribution is -1.99. The molecule has 1 aromatic heterocycles. The zero-order chi connectivity index (χ0) is 15.1. The number of aromatic carboxylic acids is 1. The van der Waals surface area contributed by atoms with Crippen LogP contribution in [0.15, 0.2) is 40.9 Å². The molecule has 0 bridgehead atoms. The Bertz CT molecular complexity index is 873. The molecule has 0 atom stereocenters. The van der Waals surface area contributed by atoms with Crippen molar-refractivity contribution in [3.05, 3.63) is 57.3 Å². The summed E-state index contributed by atoms with van der Waals surface area (Å²) in [4.78, 5) is 15.6. The average molecular weight is 366 g/mol. The van der Waals surface area contributed by atoms with Crippen LogP contribution in [0.25, 0.3) is 16.7 Å². The van der Waals surface area contributed by atoms with Crippen LogP contribution >= 0.6 is 27.5 Å². The van der Waals surface area contributed by atoms with E-state index in [0.717, 1.165) is 27.0 Å². The van der Waals surface area contributed by atoms with Crippen molar-refractivity contribution in [2.75, 3.05) is 0 Å². The van der Waals surface area contributed by atoms with Crippen LogP contribution in [0.3, 0.4) is 0 Å². The summed E-state index contributed by atoms with van der Waals surface area (Å²) in [5.41, 5.74) is 2.56. The number of carboxylic acids is 1. The van der Waals surface area contributed by atoms with E-state index in [-0.39, 0.29) is 5.56 Å². The molecule has 0 saturated carbocycles. The van der Waals surface area contributed by atoms with Crippen molar-refractivity contribution in [1.82, 2.24) is 9.55 Å². The molecule has 0 aliphatic rings. The van der Waals surface area contributed by atoms with Gasteiger partial charge in [0.1, 0.15) is 5.82 Å². The minimum Gasteiger partial charge on any atom is -0.478 e. The van der Waals surface area contributed by atoms with Crippen LogP contribution in [-0.2, 0) is 0 Å². The standard InChI is InChI=1S/C15H10BrClN2O2/c1-8-18-13-5-2-9(15(20)21)6-14(13)19(8)10-3-4-11(16)12(17)7-10/h2-7H,1H3,(H,20,21). The van der Waals surface area contributed by atoms with Gasteiger partial charge in [-0.25, -0.2) is 9.78 Å². The Balaban J connectivity index is 2.29. The Morgan fingerprint density at radius 3 is 2.71 bits per heavy atom. The highest BCUT2D eigenvalue weighted by molar-refractivity contribution is 9.10. The van der Waals surface area contributed by atoms with Gasteiger partial charge in [0.05, 0.1) is 21.6 Å². The third kappa shape index (κ3) is 2.43. The molecule has 0 amide bonds. The first-order valence-electron chi connectivity index (χ1n) is 6.15. The van der Waals surface area contributed by atoms with Gasteiger partial charge in [0.15, 0.2) is 0 Å². The van der Waals surface area contributed by atoms with Crippen LogP contribution in [0.2, 0.25) is 5.02 Å². The quantitative estimate of drug-likeness (QED) is 0.730. The van der Waals surface area contributed by atoms with Crippen molar-refractivity contribution in [2.24, 2.45) is 0 Å². The van der Waals surface area contributed by atoms with Crippen LogP contribution in [0, 0.1) is 6.92 Å². The molecule has 6 heteroatoms. The van der Waals surface area contributed by atoms with E-state index in [1.807, 2.05) is 29.7 Å². The van der Waals surface area contributed by atoms with E-state index in [2.05, 4.69) is 20.9 Å². The topological polar surface area (TPSA) is 55.1 Å². The number of benzene rings is 2. The van der Waals surface area contributed by atoms with E-state index in [9.17, 15) is 4.79 Å². The molecule has 1 N–H and O–H groups in total. The predicted octanol–water partition coefficient (Wildman–Crippen LogP) is 4.45. The van der Waals surface area contributed by atoms with Crippen molar-refractivity contribution in [3.63, 3.8) is 0 Å². The summed E-state index contributed by atoms with van der Waals surface area (Å²) in [6.45, 7) is 1.87. The summed E-state index contributed by atoms with van der Waals surface area (Å²) in [6.07, 6.45) is 0. The Labute approximate surface area is 134 Å². The molecule has 21 heavy (non-hydrogen) atoms.